The summed E-state index contributed by atoms with van der Waals surface area (Å²) < 4.78 is 18.6. The monoisotopic (exact) mass is 260 g/mol. The van der Waals surface area contributed by atoms with Crippen molar-refractivity contribution in [3.63, 3.8) is 0 Å². The summed E-state index contributed by atoms with van der Waals surface area (Å²) in [5.41, 5.74) is 1.26. The van der Waals surface area contributed by atoms with E-state index in [1.165, 1.54) is 25.4 Å². The quantitative estimate of drug-likeness (QED) is 0.923. The van der Waals surface area contributed by atoms with E-state index < -0.39 is 11.7 Å². The highest BCUT2D eigenvalue weighted by Crippen LogP contribution is 2.16. The molecular formula is C14H13FN2O2. The van der Waals surface area contributed by atoms with Crippen LogP contribution in [0.5, 0.6) is 5.88 Å². The highest BCUT2D eigenvalue weighted by atomic mass is 19.1. The molecule has 2 aromatic rings. The van der Waals surface area contributed by atoms with Crippen LogP contribution >= 0.6 is 0 Å². The average molecular weight is 260 g/mol. The molecule has 1 heterocycles. The van der Waals surface area contributed by atoms with Gasteiger partial charge in [-0.2, -0.15) is 0 Å². The molecule has 5 heteroatoms. The molecule has 19 heavy (non-hydrogen) atoms. The van der Waals surface area contributed by atoms with Crippen LogP contribution in [0.4, 0.5) is 10.1 Å². The number of carbonyl (C=O) groups is 1. The second-order valence-corrected chi connectivity index (χ2v) is 4.02. The minimum absolute atomic E-state index is 0.00128. The van der Waals surface area contributed by atoms with E-state index in [0.29, 0.717) is 11.6 Å². The molecular weight excluding hydrogens is 247 g/mol. The molecule has 98 valence electrons. The third kappa shape index (κ3) is 3.07. The molecule has 0 spiro atoms. The fraction of sp³-hybridized carbons (Fsp3) is 0.143. The number of aromatic nitrogens is 1. The number of rotatable bonds is 3. The lowest BCUT2D eigenvalue weighted by Crippen LogP contribution is -2.14. The van der Waals surface area contributed by atoms with Gasteiger partial charge in [0.2, 0.25) is 5.88 Å². The van der Waals surface area contributed by atoms with Gasteiger partial charge in [0.15, 0.2) is 0 Å². The van der Waals surface area contributed by atoms with Crippen LogP contribution in [0.15, 0.2) is 36.5 Å². The molecule has 0 saturated heterocycles. The molecule has 4 nitrogen and oxygen atoms in total. The van der Waals surface area contributed by atoms with E-state index in [9.17, 15) is 9.18 Å². The Bertz CT molecular complexity index is 614. The molecule has 0 aliphatic rings. The van der Waals surface area contributed by atoms with Gasteiger partial charge in [-0.1, -0.05) is 6.07 Å². The van der Waals surface area contributed by atoms with Crippen LogP contribution in [0.3, 0.4) is 0 Å². The fourth-order valence-corrected chi connectivity index (χ4v) is 1.60. The molecule has 0 unspecified atom stereocenters. The third-order valence-electron chi connectivity index (χ3n) is 2.57. The first-order valence-electron chi connectivity index (χ1n) is 5.67. The van der Waals surface area contributed by atoms with Gasteiger partial charge in [-0.05, 0) is 30.7 Å². The number of ether oxygens (including phenoxy) is 1. The lowest BCUT2D eigenvalue weighted by Gasteiger charge is -2.07. The predicted molar refractivity (Wildman–Crippen MR) is 69.9 cm³/mol. The summed E-state index contributed by atoms with van der Waals surface area (Å²) in [5, 5.41) is 2.59. The maximum atomic E-state index is 13.7. The molecule has 1 amide bonds. The van der Waals surface area contributed by atoms with Crippen molar-refractivity contribution in [2.45, 2.75) is 6.92 Å². The molecule has 0 saturated carbocycles. The summed E-state index contributed by atoms with van der Waals surface area (Å²) in [6, 6.07) is 7.63. The number of pyridine rings is 1. The summed E-state index contributed by atoms with van der Waals surface area (Å²) in [6.07, 6.45) is 1.50. The topological polar surface area (TPSA) is 51.2 Å². The molecule has 0 atom stereocenters. The number of halogens is 1. The van der Waals surface area contributed by atoms with E-state index in [1.807, 2.05) is 0 Å². The zero-order chi connectivity index (χ0) is 13.8. The summed E-state index contributed by atoms with van der Waals surface area (Å²) in [7, 11) is 1.48. The number of anilines is 1. The third-order valence-corrected chi connectivity index (χ3v) is 2.57. The Morgan fingerprint density at radius 1 is 1.32 bits per heavy atom. The minimum atomic E-state index is -0.543. The largest absolute Gasteiger partial charge is 0.481 e. The molecule has 0 bridgehead atoms. The number of nitrogens with one attached hydrogen (secondary N) is 1. The number of hydrogen-bond acceptors (Lipinski definition) is 3. The molecule has 0 fully saturated rings. The van der Waals surface area contributed by atoms with Crippen LogP contribution in [0.25, 0.3) is 0 Å². The molecule has 2 rings (SSSR count). The van der Waals surface area contributed by atoms with Crippen LogP contribution in [0.1, 0.15) is 15.9 Å². The standard InChI is InChI=1S/C14H13FN2O2/c1-9-3-4-11(12(15)7-9)14(18)17-10-5-6-16-13(8-10)19-2/h3-8H,1-2H3,(H,16,17,18). The van der Waals surface area contributed by atoms with Crippen LogP contribution in [-0.2, 0) is 0 Å². The zero-order valence-electron chi connectivity index (χ0n) is 10.6. The number of methoxy groups -OCH3 is 1. The van der Waals surface area contributed by atoms with Crippen molar-refractivity contribution in [1.29, 1.82) is 0 Å². The number of aryl methyl sites for hydroxylation is 1. The summed E-state index contributed by atoms with van der Waals surface area (Å²) >= 11 is 0. The van der Waals surface area contributed by atoms with Crippen LogP contribution in [-0.4, -0.2) is 18.0 Å². The van der Waals surface area contributed by atoms with Gasteiger partial charge in [0.1, 0.15) is 5.82 Å². The van der Waals surface area contributed by atoms with Gasteiger partial charge in [-0.25, -0.2) is 9.37 Å². The molecule has 1 aromatic heterocycles. The van der Waals surface area contributed by atoms with Gasteiger partial charge in [-0.3, -0.25) is 4.79 Å². The minimum Gasteiger partial charge on any atom is -0.481 e. The van der Waals surface area contributed by atoms with Crippen LogP contribution in [0.2, 0.25) is 0 Å². The number of nitrogens with zero attached hydrogens (tertiary/aromatic N) is 1. The van der Waals surface area contributed by atoms with Gasteiger partial charge in [0.25, 0.3) is 5.91 Å². The highest BCUT2D eigenvalue weighted by molar-refractivity contribution is 6.04. The lowest BCUT2D eigenvalue weighted by molar-refractivity contribution is 0.102. The smallest absolute Gasteiger partial charge is 0.258 e. The second-order valence-electron chi connectivity index (χ2n) is 4.02. The molecule has 0 aliphatic carbocycles. The maximum Gasteiger partial charge on any atom is 0.258 e. The van der Waals surface area contributed by atoms with Crippen molar-refractivity contribution in [3.05, 3.63) is 53.5 Å². The Morgan fingerprint density at radius 2 is 2.11 bits per heavy atom. The van der Waals surface area contributed by atoms with E-state index in [-0.39, 0.29) is 5.56 Å². The lowest BCUT2D eigenvalue weighted by atomic mass is 10.1. The Kier molecular flexibility index (Phi) is 3.75. The van der Waals surface area contributed by atoms with E-state index in [0.717, 1.165) is 5.56 Å². The van der Waals surface area contributed by atoms with Gasteiger partial charge in [0.05, 0.1) is 12.7 Å². The summed E-state index contributed by atoms with van der Waals surface area (Å²) in [5.74, 6) is -0.675. The summed E-state index contributed by atoms with van der Waals surface area (Å²) in [4.78, 5) is 15.9. The van der Waals surface area contributed by atoms with Gasteiger partial charge in [0, 0.05) is 18.0 Å². The van der Waals surface area contributed by atoms with Crippen molar-refractivity contribution in [2.24, 2.45) is 0 Å². The average Bonchev–Trinajstić information content (AvgIpc) is 2.38. The van der Waals surface area contributed by atoms with Crippen LogP contribution in [0, 0.1) is 12.7 Å². The Balaban J connectivity index is 2.20. The summed E-state index contributed by atoms with van der Waals surface area (Å²) in [6.45, 7) is 1.76. The first-order valence-corrected chi connectivity index (χ1v) is 5.67. The first-order chi connectivity index (χ1) is 9.10. The number of carbonyl (C=O) groups excluding carboxylic acids is 1. The van der Waals surface area contributed by atoms with Crippen LogP contribution < -0.4 is 10.1 Å². The van der Waals surface area contributed by atoms with Crippen molar-refractivity contribution in [3.8, 4) is 5.88 Å². The normalized spacial score (nSPS) is 10.1. The molecule has 1 aromatic carbocycles. The Labute approximate surface area is 110 Å². The number of hydrogen-bond donors (Lipinski definition) is 1. The van der Waals surface area contributed by atoms with E-state index >= 15 is 0 Å². The molecule has 0 radical (unpaired) electrons. The molecule has 1 N–H and O–H groups in total. The second kappa shape index (κ2) is 5.48. The van der Waals surface area contributed by atoms with E-state index in [1.54, 1.807) is 25.1 Å². The number of benzene rings is 1. The predicted octanol–water partition coefficient (Wildman–Crippen LogP) is 2.79. The van der Waals surface area contributed by atoms with E-state index in [2.05, 4.69) is 10.3 Å². The molecule has 0 aliphatic heterocycles. The van der Waals surface area contributed by atoms with Crippen molar-refractivity contribution in [1.82, 2.24) is 4.98 Å². The maximum absolute atomic E-state index is 13.7. The number of amides is 1. The van der Waals surface area contributed by atoms with E-state index in [4.69, 9.17) is 4.74 Å². The van der Waals surface area contributed by atoms with Crippen molar-refractivity contribution >= 4 is 11.6 Å². The van der Waals surface area contributed by atoms with Gasteiger partial charge >= 0.3 is 0 Å². The van der Waals surface area contributed by atoms with Gasteiger partial charge < -0.3 is 10.1 Å². The van der Waals surface area contributed by atoms with Crippen molar-refractivity contribution in [2.75, 3.05) is 12.4 Å². The SMILES string of the molecule is COc1cc(NC(=O)c2ccc(C)cc2F)ccn1. The Hall–Kier alpha value is -2.43. The van der Waals surface area contributed by atoms with Crippen molar-refractivity contribution < 1.29 is 13.9 Å². The van der Waals surface area contributed by atoms with Gasteiger partial charge in [-0.15, -0.1) is 0 Å². The zero-order valence-corrected chi connectivity index (χ0v) is 10.6. The first kappa shape index (κ1) is 13.0. The fourth-order valence-electron chi connectivity index (χ4n) is 1.60. The highest BCUT2D eigenvalue weighted by Gasteiger charge is 2.12. The Morgan fingerprint density at radius 3 is 2.79 bits per heavy atom.